The summed E-state index contributed by atoms with van der Waals surface area (Å²) in [6, 6.07) is -0.0868. The van der Waals surface area contributed by atoms with Gasteiger partial charge in [-0.3, -0.25) is 4.79 Å². The molecule has 0 saturated heterocycles. The van der Waals surface area contributed by atoms with E-state index in [9.17, 15) is 4.79 Å². The zero-order valence-corrected chi connectivity index (χ0v) is 12.7. The van der Waals surface area contributed by atoms with Crippen LogP contribution in [0.25, 0.3) is 0 Å². The Labute approximate surface area is 111 Å². The summed E-state index contributed by atoms with van der Waals surface area (Å²) in [5.74, 6) is 0.753. The van der Waals surface area contributed by atoms with Crippen molar-refractivity contribution in [3.8, 4) is 0 Å². The largest absolute Gasteiger partial charge is 0.355 e. The monoisotopic (exact) mass is 260 g/mol. The van der Waals surface area contributed by atoms with Crippen LogP contribution in [-0.2, 0) is 4.79 Å². The maximum atomic E-state index is 11.7. The number of carbonyl (C=O) groups excluding carboxylic acids is 1. The molecular formula is C13H28N2OS. The fraction of sp³-hybridized carbons (Fsp3) is 0.923. The molecule has 0 rings (SSSR count). The summed E-state index contributed by atoms with van der Waals surface area (Å²) in [7, 11) is 0. The van der Waals surface area contributed by atoms with E-state index in [4.69, 9.17) is 0 Å². The van der Waals surface area contributed by atoms with Crippen LogP contribution < -0.4 is 10.6 Å². The first-order valence-corrected chi connectivity index (χ1v) is 7.80. The second-order valence-electron chi connectivity index (χ2n) is 4.98. The minimum absolute atomic E-state index is 0.0868. The van der Waals surface area contributed by atoms with Crippen molar-refractivity contribution in [2.45, 2.75) is 51.8 Å². The lowest BCUT2D eigenvalue weighted by Gasteiger charge is -2.15. The molecule has 102 valence electrons. The van der Waals surface area contributed by atoms with E-state index in [0.29, 0.717) is 11.2 Å². The van der Waals surface area contributed by atoms with Gasteiger partial charge in [0.1, 0.15) is 0 Å². The molecule has 2 atom stereocenters. The Morgan fingerprint density at radius 3 is 2.29 bits per heavy atom. The second kappa shape index (κ2) is 9.77. The predicted octanol–water partition coefficient (Wildman–Crippen LogP) is 2.27. The van der Waals surface area contributed by atoms with Gasteiger partial charge in [-0.05, 0) is 38.5 Å². The van der Waals surface area contributed by atoms with Crippen molar-refractivity contribution < 1.29 is 4.79 Å². The smallest absolute Gasteiger partial charge is 0.236 e. The van der Waals surface area contributed by atoms with E-state index < -0.39 is 0 Å². The Morgan fingerprint density at radius 2 is 1.76 bits per heavy atom. The highest BCUT2D eigenvalue weighted by Crippen LogP contribution is 2.08. The number of hydrogen-bond acceptors (Lipinski definition) is 3. The summed E-state index contributed by atoms with van der Waals surface area (Å²) in [6.45, 7) is 10.1. The SMILES string of the molecule is CSC(C)CCNC(C)C(=O)NCCC(C)C. The fourth-order valence-electron chi connectivity index (χ4n) is 1.35. The van der Waals surface area contributed by atoms with E-state index in [1.54, 1.807) is 0 Å². The molecule has 0 fully saturated rings. The molecule has 0 aromatic carbocycles. The maximum absolute atomic E-state index is 11.7. The van der Waals surface area contributed by atoms with Crippen LogP contribution >= 0.6 is 11.8 Å². The number of rotatable bonds is 9. The molecule has 0 aliphatic carbocycles. The van der Waals surface area contributed by atoms with Gasteiger partial charge in [0.2, 0.25) is 5.91 Å². The summed E-state index contributed by atoms with van der Waals surface area (Å²) >= 11 is 1.86. The van der Waals surface area contributed by atoms with Crippen molar-refractivity contribution in [1.82, 2.24) is 10.6 Å². The van der Waals surface area contributed by atoms with E-state index in [2.05, 4.69) is 37.7 Å². The van der Waals surface area contributed by atoms with Gasteiger partial charge >= 0.3 is 0 Å². The Balaban J connectivity index is 3.60. The molecule has 0 aromatic heterocycles. The van der Waals surface area contributed by atoms with Crippen molar-refractivity contribution in [3.63, 3.8) is 0 Å². The molecule has 1 amide bonds. The standard InChI is InChI=1S/C13H28N2OS/c1-10(2)6-8-15-13(16)12(4)14-9-7-11(3)17-5/h10-12,14H,6-9H2,1-5H3,(H,15,16). The van der Waals surface area contributed by atoms with Crippen LogP contribution in [0.1, 0.15) is 40.5 Å². The highest BCUT2D eigenvalue weighted by Gasteiger charge is 2.11. The van der Waals surface area contributed by atoms with Crippen LogP contribution in [0.2, 0.25) is 0 Å². The van der Waals surface area contributed by atoms with Crippen molar-refractivity contribution in [1.29, 1.82) is 0 Å². The third kappa shape index (κ3) is 9.48. The molecule has 0 saturated carbocycles. The fourth-order valence-corrected chi connectivity index (χ4v) is 1.70. The summed E-state index contributed by atoms with van der Waals surface area (Å²) in [5.41, 5.74) is 0. The van der Waals surface area contributed by atoms with Crippen LogP contribution in [0.15, 0.2) is 0 Å². The minimum atomic E-state index is -0.0868. The van der Waals surface area contributed by atoms with Crippen molar-refractivity contribution in [2.75, 3.05) is 19.3 Å². The summed E-state index contributed by atoms with van der Waals surface area (Å²) < 4.78 is 0. The molecule has 4 heteroatoms. The van der Waals surface area contributed by atoms with Gasteiger partial charge in [-0.15, -0.1) is 0 Å². The zero-order valence-electron chi connectivity index (χ0n) is 11.9. The molecule has 0 aliphatic heterocycles. The first-order chi connectivity index (χ1) is 7.97. The highest BCUT2D eigenvalue weighted by molar-refractivity contribution is 7.99. The lowest BCUT2D eigenvalue weighted by molar-refractivity contribution is -0.122. The Morgan fingerprint density at radius 1 is 1.12 bits per heavy atom. The minimum Gasteiger partial charge on any atom is -0.355 e. The number of amides is 1. The quantitative estimate of drug-likeness (QED) is 0.668. The molecule has 17 heavy (non-hydrogen) atoms. The predicted molar refractivity (Wildman–Crippen MR) is 77.5 cm³/mol. The van der Waals surface area contributed by atoms with Crippen molar-refractivity contribution in [3.05, 3.63) is 0 Å². The van der Waals surface area contributed by atoms with Gasteiger partial charge in [0.15, 0.2) is 0 Å². The molecule has 0 bridgehead atoms. The van der Waals surface area contributed by atoms with Crippen LogP contribution in [0.5, 0.6) is 0 Å². The Kier molecular flexibility index (Phi) is 9.65. The van der Waals surface area contributed by atoms with E-state index in [1.165, 1.54) is 0 Å². The number of hydrogen-bond donors (Lipinski definition) is 2. The molecule has 0 radical (unpaired) electrons. The Hall–Kier alpha value is -0.220. The normalized spacial score (nSPS) is 14.7. The van der Waals surface area contributed by atoms with Crippen LogP contribution in [0.4, 0.5) is 0 Å². The summed E-state index contributed by atoms with van der Waals surface area (Å²) in [4.78, 5) is 11.7. The molecule has 0 aromatic rings. The number of thioether (sulfide) groups is 1. The highest BCUT2D eigenvalue weighted by atomic mass is 32.2. The van der Waals surface area contributed by atoms with Gasteiger partial charge in [-0.25, -0.2) is 0 Å². The molecule has 0 heterocycles. The third-order valence-corrected chi connectivity index (χ3v) is 3.86. The van der Waals surface area contributed by atoms with Crippen molar-refractivity contribution >= 4 is 17.7 Å². The van der Waals surface area contributed by atoms with Crippen LogP contribution in [0, 0.1) is 5.92 Å². The first kappa shape index (κ1) is 16.8. The van der Waals surface area contributed by atoms with Gasteiger partial charge in [0.25, 0.3) is 0 Å². The summed E-state index contributed by atoms with van der Waals surface area (Å²) in [6.07, 6.45) is 4.26. The maximum Gasteiger partial charge on any atom is 0.236 e. The molecule has 2 N–H and O–H groups in total. The van der Waals surface area contributed by atoms with E-state index >= 15 is 0 Å². The topological polar surface area (TPSA) is 41.1 Å². The van der Waals surface area contributed by atoms with Gasteiger partial charge in [0.05, 0.1) is 6.04 Å². The van der Waals surface area contributed by atoms with E-state index in [-0.39, 0.29) is 11.9 Å². The lowest BCUT2D eigenvalue weighted by atomic mass is 10.1. The van der Waals surface area contributed by atoms with Crippen LogP contribution in [-0.4, -0.2) is 36.5 Å². The average Bonchev–Trinajstić information content (AvgIpc) is 2.27. The number of carbonyl (C=O) groups is 1. The second-order valence-corrected chi connectivity index (χ2v) is 6.26. The van der Waals surface area contributed by atoms with Crippen LogP contribution in [0.3, 0.4) is 0 Å². The third-order valence-electron chi connectivity index (χ3n) is 2.82. The van der Waals surface area contributed by atoms with Gasteiger partial charge in [-0.1, -0.05) is 20.8 Å². The van der Waals surface area contributed by atoms with Gasteiger partial charge in [-0.2, -0.15) is 11.8 Å². The van der Waals surface area contributed by atoms with Gasteiger partial charge < -0.3 is 10.6 Å². The number of nitrogens with one attached hydrogen (secondary N) is 2. The Bertz CT molecular complexity index is 210. The first-order valence-electron chi connectivity index (χ1n) is 6.51. The molecule has 0 aliphatic rings. The summed E-state index contributed by atoms with van der Waals surface area (Å²) in [5, 5.41) is 6.87. The van der Waals surface area contributed by atoms with Crippen molar-refractivity contribution in [2.24, 2.45) is 5.92 Å². The lowest BCUT2D eigenvalue weighted by Crippen LogP contribution is -2.43. The molecule has 3 nitrogen and oxygen atoms in total. The molecule has 2 unspecified atom stereocenters. The van der Waals surface area contributed by atoms with Gasteiger partial charge in [0, 0.05) is 11.8 Å². The molecule has 0 spiro atoms. The van der Waals surface area contributed by atoms with E-state index in [1.807, 2.05) is 18.7 Å². The average molecular weight is 260 g/mol. The van der Waals surface area contributed by atoms with E-state index in [0.717, 1.165) is 25.9 Å². The zero-order chi connectivity index (χ0) is 13.3. The molecular weight excluding hydrogens is 232 g/mol.